The highest BCUT2D eigenvalue weighted by atomic mass is 31.2. The Morgan fingerprint density at radius 2 is 0.957 bits per heavy atom. The van der Waals surface area contributed by atoms with Gasteiger partial charge in [-0.2, -0.15) is 0 Å². The SMILES string of the molecule is CC/C=C/C/C=C/C/C=C/C/C=C/CCCCCC(=O)NC(COP(=O)(O)OCC[N+](C)(C)C)C(/C=C/CCCCCCCCCCCCC)OC(=O)CCCCCCCC/C=C/C=C/CCCCC. The van der Waals surface area contributed by atoms with E-state index in [9.17, 15) is 19.0 Å². The maximum atomic E-state index is 13.5. The monoisotopic (exact) mass is 1000 g/mol. The molecule has 70 heavy (non-hydrogen) atoms. The summed E-state index contributed by atoms with van der Waals surface area (Å²) in [5, 5.41) is 3.02. The number of carbonyl (C=O) groups excluding carboxylic acids is 2. The Morgan fingerprint density at radius 3 is 1.50 bits per heavy atom. The van der Waals surface area contributed by atoms with E-state index in [1.54, 1.807) is 0 Å². The lowest BCUT2D eigenvalue weighted by Gasteiger charge is -2.27. The molecule has 0 aromatic rings. The minimum absolute atomic E-state index is 0.0282. The lowest BCUT2D eigenvalue weighted by Crippen LogP contribution is -2.47. The van der Waals surface area contributed by atoms with E-state index < -0.39 is 20.0 Å². The van der Waals surface area contributed by atoms with Gasteiger partial charge in [0.2, 0.25) is 5.91 Å². The number of likely N-dealkylation sites (N-methyl/N-ethyl adjacent to an activating group) is 1. The van der Waals surface area contributed by atoms with Gasteiger partial charge in [0.25, 0.3) is 0 Å². The van der Waals surface area contributed by atoms with Gasteiger partial charge in [0.15, 0.2) is 0 Å². The molecule has 0 radical (unpaired) electrons. The van der Waals surface area contributed by atoms with Gasteiger partial charge in [-0.15, -0.1) is 0 Å². The van der Waals surface area contributed by atoms with Crippen molar-refractivity contribution in [3.8, 4) is 0 Å². The van der Waals surface area contributed by atoms with E-state index in [0.717, 1.165) is 109 Å². The van der Waals surface area contributed by atoms with Crippen molar-refractivity contribution in [3.63, 3.8) is 0 Å². The lowest BCUT2D eigenvalue weighted by atomic mass is 10.0. The summed E-state index contributed by atoms with van der Waals surface area (Å²) in [7, 11) is 1.46. The van der Waals surface area contributed by atoms with E-state index in [4.69, 9.17) is 13.8 Å². The zero-order valence-corrected chi connectivity index (χ0v) is 46.9. The predicted octanol–water partition coefficient (Wildman–Crippen LogP) is 17.0. The second-order valence-electron chi connectivity index (χ2n) is 20.1. The van der Waals surface area contributed by atoms with Gasteiger partial charge < -0.3 is 19.4 Å². The van der Waals surface area contributed by atoms with E-state index in [-0.39, 0.29) is 37.9 Å². The van der Waals surface area contributed by atoms with Gasteiger partial charge in [-0.3, -0.25) is 18.6 Å². The second kappa shape index (κ2) is 49.8. The molecule has 0 saturated heterocycles. The fourth-order valence-electron chi connectivity index (χ4n) is 7.68. The molecule has 3 atom stereocenters. The zero-order chi connectivity index (χ0) is 51.5. The van der Waals surface area contributed by atoms with Crippen LogP contribution in [-0.4, -0.2) is 74.3 Å². The molecular weight excluding hydrogens is 892 g/mol. The molecule has 0 aromatic heterocycles. The Balaban J connectivity index is 5.47. The van der Waals surface area contributed by atoms with E-state index >= 15 is 0 Å². The molecule has 0 spiro atoms. The summed E-state index contributed by atoms with van der Waals surface area (Å²) in [5.74, 6) is -0.559. The van der Waals surface area contributed by atoms with Gasteiger partial charge in [-0.1, -0.05) is 209 Å². The number of phosphoric acid groups is 1. The zero-order valence-electron chi connectivity index (χ0n) is 46.0. The molecule has 0 aliphatic heterocycles. The van der Waals surface area contributed by atoms with Crippen molar-refractivity contribution in [3.05, 3.63) is 85.1 Å². The fourth-order valence-corrected chi connectivity index (χ4v) is 8.42. The normalized spacial score (nSPS) is 14.4. The smallest absolute Gasteiger partial charge is 0.456 e. The van der Waals surface area contributed by atoms with Crippen LogP contribution in [0.25, 0.3) is 0 Å². The maximum absolute atomic E-state index is 13.5. The number of ether oxygens (including phenoxy) is 1. The third-order valence-electron chi connectivity index (χ3n) is 12.1. The van der Waals surface area contributed by atoms with Gasteiger partial charge >= 0.3 is 13.8 Å². The minimum atomic E-state index is -4.46. The summed E-state index contributed by atoms with van der Waals surface area (Å²) in [5.41, 5.74) is 0. The Kier molecular flexibility index (Phi) is 47.8. The number of hydrogen-bond acceptors (Lipinski definition) is 6. The molecule has 0 bridgehead atoms. The first-order valence-corrected chi connectivity index (χ1v) is 29.9. The number of amides is 1. The molecule has 2 N–H and O–H groups in total. The molecule has 0 rings (SSSR count). The van der Waals surface area contributed by atoms with Crippen LogP contribution in [0.3, 0.4) is 0 Å². The Labute approximate surface area is 431 Å². The number of carbonyl (C=O) groups is 2. The molecule has 9 nitrogen and oxygen atoms in total. The quantitative estimate of drug-likeness (QED) is 0.0156. The molecule has 0 aromatic carbocycles. The van der Waals surface area contributed by atoms with Crippen LogP contribution in [0, 0.1) is 0 Å². The van der Waals surface area contributed by atoms with Crippen molar-refractivity contribution in [1.29, 1.82) is 0 Å². The lowest BCUT2D eigenvalue weighted by molar-refractivity contribution is -0.870. The summed E-state index contributed by atoms with van der Waals surface area (Å²) in [6.45, 7) is 6.82. The third-order valence-corrected chi connectivity index (χ3v) is 13.1. The first kappa shape index (κ1) is 67.2. The Bertz CT molecular complexity index is 1480. The Hall–Kier alpha value is -2.81. The van der Waals surface area contributed by atoms with Crippen LogP contribution in [-0.2, 0) is 27.9 Å². The van der Waals surface area contributed by atoms with Crippen LogP contribution in [0.4, 0.5) is 0 Å². The van der Waals surface area contributed by atoms with Crippen LogP contribution in [0.15, 0.2) is 85.1 Å². The van der Waals surface area contributed by atoms with Crippen LogP contribution in [0.5, 0.6) is 0 Å². The molecule has 0 aliphatic rings. The highest BCUT2D eigenvalue weighted by Crippen LogP contribution is 2.43. The Morgan fingerprint density at radius 1 is 0.529 bits per heavy atom. The predicted molar refractivity (Wildman–Crippen MR) is 300 cm³/mol. The van der Waals surface area contributed by atoms with Crippen molar-refractivity contribution < 1.29 is 37.3 Å². The highest BCUT2D eigenvalue weighted by Gasteiger charge is 2.30. The van der Waals surface area contributed by atoms with Crippen molar-refractivity contribution in [2.75, 3.05) is 40.9 Å². The molecule has 10 heteroatoms. The minimum Gasteiger partial charge on any atom is -0.456 e. The number of nitrogens with one attached hydrogen (secondary N) is 1. The van der Waals surface area contributed by atoms with Crippen LogP contribution < -0.4 is 5.32 Å². The van der Waals surface area contributed by atoms with E-state index in [1.807, 2.05) is 33.3 Å². The van der Waals surface area contributed by atoms with Crippen molar-refractivity contribution in [1.82, 2.24) is 5.32 Å². The molecule has 1 amide bonds. The second-order valence-corrected chi connectivity index (χ2v) is 21.6. The summed E-state index contributed by atoms with van der Waals surface area (Å²) < 4.78 is 30.6. The molecule has 0 aliphatic carbocycles. The molecule has 0 saturated carbocycles. The van der Waals surface area contributed by atoms with Crippen molar-refractivity contribution >= 4 is 19.7 Å². The van der Waals surface area contributed by atoms with Gasteiger partial charge in [-0.25, -0.2) is 4.57 Å². The molecule has 3 unspecified atom stereocenters. The standard InChI is InChI=1S/C60H107N2O7P/c1-7-10-13-16-19-22-25-28-30-32-34-37-40-43-46-49-52-59(63)61-57(56-68-70(65,66)67-55-54-62(4,5)6)58(51-48-45-42-39-36-33-27-24-21-18-15-12-9-3)69-60(64)53-50-47-44-41-38-35-31-29-26-23-20-17-14-11-8-2/h10,13,19-20,22-23,26,28-30,34,37,48,51,57-58H,7-9,11-12,14-18,21,24-25,27,31-33,35-36,38-47,49-50,52-56H2,1-6H3,(H-,61,63,65,66)/p+1/b13-10+,22-19+,23-20+,29-26+,30-28+,37-34+,51-48+. The van der Waals surface area contributed by atoms with Gasteiger partial charge in [0.05, 0.1) is 33.8 Å². The average molecular weight is 1000 g/mol. The summed E-state index contributed by atoms with van der Waals surface area (Å²) in [4.78, 5) is 37.6. The number of quaternary nitrogens is 1. The number of nitrogens with zero attached hydrogens (tertiary/aromatic N) is 1. The first-order valence-electron chi connectivity index (χ1n) is 28.4. The van der Waals surface area contributed by atoms with Crippen LogP contribution >= 0.6 is 7.82 Å². The number of unbranched alkanes of at least 4 members (excludes halogenated alkanes) is 23. The van der Waals surface area contributed by atoms with Crippen LogP contribution in [0.1, 0.15) is 233 Å². The number of esters is 1. The highest BCUT2D eigenvalue weighted by molar-refractivity contribution is 7.47. The number of rotatable bonds is 50. The van der Waals surface area contributed by atoms with Crippen LogP contribution in [0.2, 0.25) is 0 Å². The van der Waals surface area contributed by atoms with Gasteiger partial charge in [0.1, 0.15) is 19.3 Å². The van der Waals surface area contributed by atoms with E-state index in [0.29, 0.717) is 17.4 Å². The summed E-state index contributed by atoms with van der Waals surface area (Å²) >= 11 is 0. The van der Waals surface area contributed by atoms with Crippen molar-refractivity contribution in [2.24, 2.45) is 0 Å². The number of hydrogen-bond donors (Lipinski definition) is 2. The summed E-state index contributed by atoms with van der Waals surface area (Å²) in [6.07, 6.45) is 64.3. The fraction of sp³-hybridized carbons (Fsp3) is 0.733. The van der Waals surface area contributed by atoms with E-state index in [2.05, 4.69) is 99.0 Å². The maximum Gasteiger partial charge on any atom is 0.472 e. The van der Waals surface area contributed by atoms with Crippen molar-refractivity contribution in [2.45, 2.75) is 245 Å². The molecule has 404 valence electrons. The van der Waals surface area contributed by atoms with E-state index in [1.165, 1.54) is 83.5 Å². The largest absolute Gasteiger partial charge is 0.472 e. The average Bonchev–Trinajstić information content (AvgIpc) is 3.32. The topological polar surface area (TPSA) is 111 Å². The molecule has 0 heterocycles. The number of phosphoric ester groups is 1. The molecule has 0 fully saturated rings. The number of allylic oxidation sites excluding steroid dienone is 13. The summed E-state index contributed by atoms with van der Waals surface area (Å²) in [6, 6.07) is -0.873. The van der Waals surface area contributed by atoms with Gasteiger partial charge in [0, 0.05) is 12.8 Å². The third kappa shape index (κ3) is 50.1. The molecular formula is C60H108N2O7P+. The van der Waals surface area contributed by atoms with Gasteiger partial charge in [-0.05, 0) is 96.0 Å². The first-order chi connectivity index (χ1) is 33.9.